The molecule has 1 unspecified atom stereocenters. The van der Waals surface area contributed by atoms with Crippen LogP contribution in [0.25, 0.3) is 10.8 Å². The molecule has 19 heavy (non-hydrogen) atoms. The third-order valence-electron chi connectivity index (χ3n) is 4.22. The summed E-state index contributed by atoms with van der Waals surface area (Å²) in [4.78, 5) is 11.8. The van der Waals surface area contributed by atoms with Crippen molar-refractivity contribution < 1.29 is 14.6 Å². The van der Waals surface area contributed by atoms with Crippen LogP contribution in [0.2, 0.25) is 0 Å². The van der Waals surface area contributed by atoms with Gasteiger partial charge >= 0.3 is 5.63 Å². The molecule has 4 heteroatoms. The second kappa shape index (κ2) is 3.84. The average Bonchev–Trinajstić information content (AvgIpc) is 2.75. The summed E-state index contributed by atoms with van der Waals surface area (Å²) in [5, 5.41) is 20.9. The summed E-state index contributed by atoms with van der Waals surface area (Å²) in [5.74, 6) is 0.0159. The second-order valence-electron chi connectivity index (χ2n) is 5.75. The quantitative estimate of drug-likeness (QED) is 0.821. The van der Waals surface area contributed by atoms with E-state index in [1.807, 2.05) is 13.8 Å². The fraction of sp³-hybridized carbons (Fsp3) is 0.400. The number of aryl methyl sites for hydroxylation is 1. The van der Waals surface area contributed by atoms with Gasteiger partial charge in [-0.05, 0) is 53.3 Å². The zero-order valence-corrected chi connectivity index (χ0v) is 11.0. The molecule has 1 aliphatic carbocycles. The summed E-state index contributed by atoms with van der Waals surface area (Å²) in [7, 11) is 0. The van der Waals surface area contributed by atoms with E-state index in [2.05, 4.69) is 0 Å². The molecule has 0 bridgehead atoms. The van der Waals surface area contributed by atoms with Crippen molar-refractivity contribution in [2.45, 2.75) is 26.7 Å². The van der Waals surface area contributed by atoms with Crippen LogP contribution < -0.4 is 5.63 Å². The molecule has 0 spiro atoms. The van der Waals surface area contributed by atoms with Crippen LogP contribution in [0.1, 0.15) is 23.6 Å². The van der Waals surface area contributed by atoms with Crippen molar-refractivity contribution in [3.05, 3.63) is 39.4 Å². The summed E-state index contributed by atoms with van der Waals surface area (Å²) >= 11 is 0. The lowest BCUT2D eigenvalue weighted by Crippen LogP contribution is -2.21. The van der Waals surface area contributed by atoms with Crippen molar-refractivity contribution in [2.75, 3.05) is 6.61 Å². The van der Waals surface area contributed by atoms with Gasteiger partial charge < -0.3 is 14.6 Å². The molecular weight excluding hydrogens is 244 g/mol. The third-order valence-corrected chi connectivity index (χ3v) is 4.22. The molecule has 2 N–H and O–H groups in total. The maximum absolute atomic E-state index is 11.8. The van der Waals surface area contributed by atoms with Gasteiger partial charge in [0.25, 0.3) is 0 Å². The number of rotatable bonds is 1. The number of hydrogen-bond acceptors (Lipinski definition) is 4. The molecule has 2 aromatic rings. The van der Waals surface area contributed by atoms with E-state index < -0.39 is 5.63 Å². The number of phenols is 1. The largest absolute Gasteiger partial charge is 0.507 e. The Hall–Kier alpha value is -1.81. The van der Waals surface area contributed by atoms with Crippen molar-refractivity contribution >= 4 is 10.8 Å². The molecule has 1 heterocycles. The molecule has 1 aromatic heterocycles. The molecule has 0 saturated heterocycles. The molecular formula is C15H16O4. The topological polar surface area (TPSA) is 70.7 Å². The predicted molar refractivity (Wildman–Crippen MR) is 71.5 cm³/mol. The zero-order chi connectivity index (χ0) is 13.8. The Kier molecular flexibility index (Phi) is 2.47. The Labute approximate surface area is 110 Å². The van der Waals surface area contributed by atoms with Gasteiger partial charge in [-0.25, -0.2) is 4.79 Å². The lowest BCUT2D eigenvalue weighted by Gasteiger charge is -2.19. The third kappa shape index (κ3) is 1.60. The maximum Gasteiger partial charge on any atom is 0.347 e. The van der Waals surface area contributed by atoms with Gasteiger partial charge in [0.05, 0.1) is 6.26 Å². The van der Waals surface area contributed by atoms with Crippen LogP contribution in [0.15, 0.2) is 21.5 Å². The summed E-state index contributed by atoms with van der Waals surface area (Å²) in [6.07, 6.45) is 2.65. The fourth-order valence-electron chi connectivity index (χ4n) is 3.09. The fourth-order valence-corrected chi connectivity index (χ4v) is 3.09. The van der Waals surface area contributed by atoms with Crippen LogP contribution in [0, 0.1) is 12.3 Å². The summed E-state index contributed by atoms with van der Waals surface area (Å²) in [6.45, 7) is 3.99. The molecule has 0 amide bonds. The number of aromatic hydroxyl groups is 1. The first-order valence-electron chi connectivity index (χ1n) is 6.32. The number of aliphatic hydroxyl groups excluding tert-OH is 1. The Balaban J connectivity index is 2.40. The highest BCUT2D eigenvalue weighted by Gasteiger charge is 2.36. The van der Waals surface area contributed by atoms with Crippen molar-refractivity contribution in [2.24, 2.45) is 5.41 Å². The van der Waals surface area contributed by atoms with Crippen LogP contribution in [-0.4, -0.2) is 16.8 Å². The normalized spacial score (nSPS) is 21.8. The van der Waals surface area contributed by atoms with Gasteiger partial charge in [-0.1, -0.05) is 6.92 Å². The summed E-state index contributed by atoms with van der Waals surface area (Å²) in [6, 6.07) is 1.71. The highest BCUT2D eigenvalue weighted by Crippen LogP contribution is 2.45. The van der Waals surface area contributed by atoms with Gasteiger partial charge in [0.2, 0.25) is 0 Å². The second-order valence-corrected chi connectivity index (χ2v) is 5.75. The molecule has 0 radical (unpaired) electrons. The van der Waals surface area contributed by atoms with E-state index in [1.54, 1.807) is 6.07 Å². The Bertz CT molecular complexity index is 729. The Morgan fingerprint density at radius 3 is 2.74 bits per heavy atom. The first-order valence-corrected chi connectivity index (χ1v) is 6.32. The highest BCUT2D eigenvalue weighted by molar-refractivity contribution is 5.92. The van der Waals surface area contributed by atoms with Gasteiger partial charge in [0.1, 0.15) is 11.1 Å². The number of fused-ring (bicyclic) bond motifs is 2. The number of aliphatic hydroxyl groups is 1. The van der Waals surface area contributed by atoms with Gasteiger partial charge in [-0.2, -0.15) is 0 Å². The number of hydrogen-bond donors (Lipinski definition) is 2. The smallest absolute Gasteiger partial charge is 0.347 e. The molecule has 0 fully saturated rings. The minimum Gasteiger partial charge on any atom is -0.507 e. The van der Waals surface area contributed by atoms with Gasteiger partial charge in [0.15, 0.2) is 0 Å². The lowest BCUT2D eigenvalue weighted by atomic mass is 9.88. The maximum atomic E-state index is 11.8. The Morgan fingerprint density at radius 2 is 2.05 bits per heavy atom. The van der Waals surface area contributed by atoms with E-state index in [0.29, 0.717) is 12.8 Å². The molecule has 3 rings (SSSR count). The summed E-state index contributed by atoms with van der Waals surface area (Å²) in [5.41, 5.74) is 2.04. The van der Waals surface area contributed by atoms with Crippen molar-refractivity contribution in [1.82, 2.24) is 0 Å². The van der Waals surface area contributed by atoms with E-state index in [4.69, 9.17) is 4.42 Å². The van der Waals surface area contributed by atoms with Crippen molar-refractivity contribution in [3.63, 3.8) is 0 Å². The van der Waals surface area contributed by atoms with Crippen LogP contribution in [0.4, 0.5) is 0 Å². The number of phenolic OH excluding ortho intramolecular Hbond substituents is 1. The first-order chi connectivity index (χ1) is 8.97. The van der Waals surface area contributed by atoms with Gasteiger partial charge in [-0.15, -0.1) is 0 Å². The average molecular weight is 260 g/mol. The SMILES string of the molecule is Cc1c2c(c(O)c3c(=O)occc13)CC(C)(CO)C2. The van der Waals surface area contributed by atoms with Crippen LogP contribution in [0.3, 0.4) is 0 Å². The van der Waals surface area contributed by atoms with E-state index in [1.165, 1.54) is 6.26 Å². The van der Waals surface area contributed by atoms with E-state index in [-0.39, 0.29) is 23.2 Å². The highest BCUT2D eigenvalue weighted by atomic mass is 16.4. The summed E-state index contributed by atoms with van der Waals surface area (Å²) < 4.78 is 4.85. The monoisotopic (exact) mass is 260 g/mol. The van der Waals surface area contributed by atoms with Crippen LogP contribution in [-0.2, 0) is 12.8 Å². The number of benzene rings is 1. The lowest BCUT2D eigenvalue weighted by molar-refractivity contribution is 0.151. The minimum atomic E-state index is -0.515. The van der Waals surface area contributed by atoms with Crippen molar-refractivity contribution in [3.8, 4) is 5.75 Å². The molecule has 1 aromatic carbocycles. The predicted octanol–water partition coefficient (Wildman–Crippen LogP) is 1.90. The van der Waals surface area contributed by atoms with E-state index in [0.717, 1.165) is 22.1 Å². The molecule has 100 valence electrons. The minimum absolute atomic E-state index is 0.0159. The molecule has 1 atom stereocenters. The first kappa shape index (κ1) is 12.2. The zero-order valence-electron chi connectivity index (χ0n) is 11.0. The van der Waals surface area contributed by atoms with Gasteiger partial charge in [0, 0.05) is 6.61 Å². The Morgan fingerprint density at radius 1 is 1.37 bits per heavy atom. The van der Waals surface area contributed by atoms with Gasteiger partial charge in [-0.3, -0.25) is 0 Å². The molecule has 0 saturated carbocycles. The molecule has 4 nitrogen and oxygen atoms in total. The van der Waals surface area contributed by atoms with Crippen LogP contribution in [0.5, 0.6) is 5.75 Å². The van der Waals surface area contributed by atoms with Crippen molar-refractivity contribution in [1.29, 1.82) is 0 Å². The van der Waals surface area contributed by atoms with Crippen LogP contribution >= 0.6 is 0 Å². The standard InChI is InChI=1S/C15H16O4/c1-8-9-3-4-19-14(18)12(9)13(17)11-6-15(2,7-16)5-10(8)11/h3-4,16-17H,5-7H2,1-2H3. The molecule has 0 aliphatic heterocycles. The van der Waals surface area contributed by atoms with E-state index >= 15 is 0 Å². The van der Waals surface area contributed by atoms with E-state index in [9.17, 15) is 15.0 Å². The molecule has 1 aliphatic rings.